The minimum absolute atomic E-state index is 0.0790. The lowest BCUT2D eigenvalue weighted by atomic mass is 9.75. The Balaban J connectivity index is 2.61. The van der Waals surface area contributed by atoms with Gasteiger partial charge in [-0.25, -0.2) is 4.79 Å². The van der Waals surface area contributed by atoms with Crippen LogP contribution in [0.1, 0.15) is 46.1 Å². The largest absolute Gasteiger partial charge is 0.465 e. The number of non-ortho nitro benzene ring substituents is 1. The standard InChI is InChI=1S/C20H24N2O6/c1-6-27-19(23)16-12(4)21-13(5)17(20(24)28-11(2)3)18(16)14-7-9-15(10-8-14)22(25)26/h7-11,16,18H,6H2,1-5H3/t16?,18-/m1/s1. The predicted molar refractivity (Wildman–Crippen MR) is 103 cm³/mol. The molecule has 2 atom stereocenters. The van der Waals surface area contributed by atoms with E-state index in [1.54, 1.807) is 46.8 Å². The second-order valence-electron chi connectivity index (χ2n) is 6.76. The van der Waals surface area contributed by atoms with Crippen molar-refractivity contribution in [2.24, 2.45) is 10.9 Å². The van der Waals surface area contributed by atoms with Crippen LogP contribution in [0.2, 0.25) is 0 Å². The summed E-state index contributed by atoms with van der Waals surface area (Å²) in [7, 11) is 0. The number of nitro groups is 1. The van der Waals surface area contributed by atoms with Crippen molar-refractivity contribution in [2.45, 2.75) is 46.6 Å². The first-order valence-corrected chi connectivity index (χ1v) is 9.05. The normalized spacial score (nSPS) is 19.3. The topological polar surface area (TPSA) is 108 Å². The molecule has 0 aromatic heterocycles. The molecule has 1 aliphatic heterocycles. The molecule has 0 spiro atoms. The van der Waals surface area contributed by atoms with Crippen molar-refractivity contribution in [3.8, 4) is 0 Å². The lowest BCUT2D eigenvalue weighted by Crippen LogP contribution is -2.37. The van der Waals surface area contributed by atoms with Crippen LogP contribution in [0.25, 0.3) is 0 Å². The highest BCUT2D eigenvalue weighted by atomic mass is 16.6. The number of nitrogens with zero attached hydrogens (tertiary/aromatic N) is 2. The van der Waals surface area contributed by atoms with Crippen molar-refractivity contribution in [2.75, 3.05) is 6.61 Å². The third kappa shape index (κ3) is 4.44. The van der Waals surface area contributed by atoms with E-state index < -0.39 is 28.7 Å². The van der Waals surface area contributed by atoms with E-state index in [9.17, 15) is 19.7 Å². The molecule has 0 fully saturated rings. The number of ether oxygens (including phenoxy) is 2. The number of allylic oxidation sites excluding steroid dienone is 1. The van der Waals surface area contributed by atoms with E-state index in [1.807, 2.05) is 0 Å². The van der Waals surface area contributed by atoms with E-state index in [4.69, 9.17) is 9.47 Å². The Morgan fingerprint density at radius 3 is 2.32 bits per heavy atom. The van der Waals surface area contributed by atoms with E-state index in [0.717, 1.165) is 0 Å². The summed E-state index contributed by atoms with van der Waals surface area (Å²) in [5.74, 6) is -2.60. The van der Waals surface area contributed by atoms with Gasteiger partial charge in [0.15, 0.2) is 0 Å². The maximum Gasteiger partial charge on any atom is 0.336 e. The Labute approximate surface area is 163 Å². The number of rotatable bonds is 6. The summed E-state index contributed by atoms with van der Waals surface area (Å²) in [6.07, 6.45) is -0.349. The van der Waals surface area contributed by atoms with Crippen molar-refractivity contribution in [3.63, 3.8) is 0 Å². The van der Waals surface area contributed by atoms with E-state index in [0.29, 0.717) is 17.0 Å². The fourth-order valence-electron chi connectivity index (χ4n) is 3.28. The van der Waals surface area contributed by atoms with Gasteiger partial charge in [0.2, 0.25) is 0 Å². The lowest BCUT2D eigenvalue weighted by molar-refractivity contribution is -0.384. The van der Waals surface area contributed by atoms with Gasteiger partial charge in [-0.1, -0.05) is 12.1 Å². The first kappa shape index (κ1) is 21.3. The van der Waals surface area contributed by atoms with E-state index in [1.165, 1.54) is 12.1 Å². The molecule has 0 radical (unpaired) electrons. The molecule has 1 unspecified atom stereocenters. The molecule has 0 bridgehead atoms. The van der Waals surface area contributed by atoms with E-state index in [2.05, 4.69) is 4.99 Å². The Morgan fingerprint density at radius 1 is 1.21 bits per heavy atom. The predicted octanol–water partition coefficient (Wildman–Crippen LogP) is 3.56. The summed E-state index contributed by atoms with van der Waals surface area (Å²) < 4.78 is 10.6. The Kier molecular flexibility index (Phi) is 6.66. The zero-order chi connectivity index (χ0) is 21.0. The minimum Gasteiger partial charge on any atom is -0.465 e. The highest BCUT2D eigenvalue weighted by molar-refractivity contribution is 6.07. The molecule has 8 nitrogen and oxygen atoms in total. The molecule has 8 heteroatoms. The Morgan fingerprint density at radius 2 is 1.82 bits per heavy atom. The zero-order valence-corrected chi connectivity index (χ0v) is 16.6. The molecule has 28 heavy (non-hydrogen) atoms. The first-order chi connectivity index (χ1) is 13.2. The lowest BCUT2D eigenvalue weighted by Gasteiger charge is -2.31. The van der Waals surface area contributed by atoms with Gasteiger partial charge in [-0.15, -0.1) is 0 Å². The molecule has 1 heterocycles. The van der Waals surface area contributed by atoms with Crippen LogP contribution in [0.3, 0.4) is 0 Å². The van der Waals surface area contributed by atoms with Gasteiger partial charge in [0.05, 0.1) is 23.2 Å². The van der Waals surface area contributed by atoms with Gasteiger partial charge in [-0.2, -0.15) is 0 Å². The number of benzene rings is 1. The average molecular weight is 388 g/mol. The number of aliphatic imine (C=N–C) groups is 1. The second kappa shape index (κ2) is 8.77. The molecule has 0 N–H and O–H groups in total. The SMILES string of the molecule is CCOC(=O)C1C(C)=NC(C)=C(C(=O)OC(C)C)[C@@H]1c1ccc([N+](=O)[O-])cc1. The number of carbonyl (C=O) groups is 2. The molecule has 150 valence electrons. The molecular formula is C20H24N2O6. The monoisotopic (exact) mass is 388 g/mol. The number of nitro benzene ring substituents is 1. The molecule has 0 amide bonds. The van der Waals surface area contributed by atoms with Gasteiger partial charge >= 0.3 is 11.9 Å². The number of esters is 2. The van der Waals surface area contributed by atoms with E-state index in [-0.39, 0.29) is 24.0 Å². The molecule has 2 rings (SSSR count). The number of hydrogen-bond donors (Lipinski definition) is 0. The van der Waals surface area contributed by atoms with Crippen LogP contribution in [0.5, 0.6) is 0 Å². The third-order valence-corrected chi connectivity index (χ3v) is 4.39. The fraction of sp³-hybridized carbons (Fsp3) is 0.450. The molecule has 1 aromatic carbocycles. The van der Waals surface area contributed by atoms with Crippen molar-refractivity contribution in [3.05, 3.63) is 51.2 Å². The van der Waals surface area contributed by atoms with Gasteiger partial charge in [-0.05, 0) is 40.2 Å². The zero-order valence-electron chi connectivity index (χ0n) is 16.6. The average Bonchev–Trinajstić information content (AvgIpc) is 2.60. The first-order valence-electron chi connectivity index (χ1n) is 9.05. The van der Waals surface area contributed by atoms with Gasteiger partial charge < -0.3 is 9.47 Å². The molecular weight excluding hydrogens is 364 g/mol. The molecule has 1 aromatic rings. The third-order valence-electron chi connectivity index (χ3n) is 4.39. The highest BCUT2D eigenvalue weighted by Crippen LogP contribution is 2.40. The summed E-state index contributed by atoms with van der Waals surface area (Å²) >= 11 is 0. The smallest absolute Gasteiger partial charge is 0.336 e. The van der Waals surface area contributed by atoms with Crippen LogP contribution in [0.4, 0.5) is 5.69 Å². The number of hydrogen-bond acceptors (Lipinski definition) is 7. The van der Waals surface area contributed by atoms with Gasteiger partial charge in [0, 0.05) is 29.5 Å². The van der Waals surface area contributed by atoms with Crippen molar-refractivity contribution < 1.29 is 24.0 Å². The van der Waals surface area contributed by atoms with Crippen LogP contribution < -0.4 is 0 Å². The van der Waals surface area contributed by atoms with Crippen LogP contribution in [0, 0.1) is 16.0 Å². The number of carbonyl (C=O) groups excluding carboxylic acids is 2. The van der Waals surface area contributed by atoms with Crippen LogP contribution in [-0.4, -0.2) is 35.3 Å². The highest BCUT2D eigenvalue weighted by Gasteiger charge is 2.42. The van der Waals surface area contributed by atoms with Gasteiger partial charge in [-0.3, -0.25) is 19.9 Å². The summed E-state index contributed by atoms with van der Waals surface area (Å²) in [5.41, 5.74) is 1.72. The fourth-order valence-corrected chi connectivity index (χ4v) is 3.28. The summed E-state index contributed by atoms with van der Waals surface area (Å²) in [6, 6.07) is 5.78. The maximum absolute atomic E-state index is 12.8. The molecule has 1 aliphatic rings. The van der Waals surface area contributed by atoms with Crippen LogP contribution in [-0.2, 0) is 19.1 Å². The van der Waals surface area contributed by atoms with Crippen molar-refractivity contribution in [1.29, 1.82) is 0 Å². The van der Waals surface area contributed by atoms with Crippen molar-refractivity contribution in [1.82, 2.24) is 0 Å². The maximum atomic E-state index is 12.8. The van der Waals surface area contributed by atoms with Crippen LogP contribution in [0.15, 0.2) is 40.5 Å². The Bertz CT molecular complexity index is 839. The molecule has 0 saturated carbocycles. The second-order valence-corrected chi connectivity index (χ2v) is 6.76. The summed E-state index contributed by atoms with van der Waals surface area (Å²) in [4.78, 5) is 40.3. The van der Waals surface area contributed by atoms with Gasteiger partial charge in [0.1, 0.15) is 5.92 Å². The molecule has 0 saturated heterocycles. The quantitative estimate of drug-likeness (QED) is 0.419. The minimum atomic E-state index is -0.820. The Hall–Kier alpha value is -3.03. The molecule has 0 aliphatic carbocycles. The van der Waals surface area contributed by atoms with Crippen LogP contribution >= 0.6 is 0 Å². The van der Waals surface area contributed by atoms with Crippen molar-refractivity contribution >= 4 is 23.3 Å². The summed E-state index contributed by atoms with van der Waals surface area (Å²) in [5, 5.41) is 11.0. The van der Waals surface area contributed by atoms with E-state index >= 15 is 0 Å². The summed E-state index contributed by atoms with van der Waals surface area (Å²) in [6.45, 7) is 8.73. The van der Waals surface area contributed by atoms with Gasteiger partial charge in [0.25, 0.3) is 5.69 Å².